The Morgan fingerprint density at radius 2 is 2.00 bits per heavy atom. The minimum atomic E-state index is 0.0697. The van der Waals surface area contributed by atoms with Gasteiger partial charge in [-0.25, -0.2) is 19.5 Å². The zero-order valence-corrected chi connectivity index (χ0v) is 19.5. The van der Waals surface area contributed by atoms with E-state index in [9.17, 15) is 4.79 Å². The van der Waals surface area contributed by atoms with Gasteiger partial charge in [0.25, 0.3) is 0 Å². The van der Waals surface area contributed by atoms with E-state index in [1.54, 1.807) is 12.4 Å². The van der Waals surface area contributed by atoms with E-state index in [1.165, 1.54) is 12.8 Å². The van der Waals surface area contributed by atoms with E-state index in [0.29, 0.717) is 22.9 Å². The third kappa shape index (κ3) is 3.47. The summed E-state index contributed by atoms with van der Waals surface area (Å²) in [6.07, 6.45) is 8.88. The van der Waals surface area contributed by atoms with Crippen molar-refractivity contribution in [1.82, 2.24) is 24.6 Å². The number of carbonyl (C=O) groups excluding carboxylic acids is 1. The Bertz CT molecular complexity index is 1470. The molecule has 10 nitrogen and oxygen atoms in total. The van der Waals surface area contributed by atoms with Crippen LogP contribution in [-0.4, -0.2) is 63.8 Å². The van der Waals surface area contributed by atoms with Crippen LogP contribution in [0.5, 0.6) is 0 Å². The normalized spacial score (nSPS) is 20.4. The molecule has 178 valence electrons. The van der Waals surface area contributed by atoms with Crippen LogP contribution in [-0.2, 0) is 9.53 Å². The maximum absolute atomic E-state index is 12.7. The van der Waals surface area contributed by atoms with Crippen LogP contribution >= 0.6 is 0 Å². The van der Waals surface area contributed by atoms with E-state index >= 15 is 0 Å². The molecule has 1 saturated heterocycles. The summed E-state index contributed by atoms with van der Waals surface area (Å²) in [6.45, 7) is 3.17. The first-order valence-electron chi connectivity index (χ1n) is 12.1. The van der Waals surface area contributed by atoms with Crippen LogP contribution in [0.4, 0.5) is 17.3 Å². The highest BCUT2D eigenvalue weighted by molar-refractivity contribution is 6.03. The molecule has 4 aromatic rings. The Balaban J connectivity index is 1.26. The van der Waals surface area contributed by atoms with Gasteiger partial charge in [0.15, 0.2) is 11.5 Å². The first-order valence-corrected chi connectivity index (χ1v) is 12.1. The average Bonchev–Trinajstić information content (AvgIpc) is 3.79. The van der Waals surface area contributed by atoms with E-state index in [4.69, 9.17) is 14.8 Å². The fourth-order valence-electron chi connectivity index (χ4n) is 5.22. The van der Waals surface area contributed by atoms with Crippen LogP contribution in [0.3, 0.4) is 0 Å². The number of rotatable bonds is 5. The van der Waals surface area contributed by atoms with Crippen molar-refractivity contribution in [3.05, 3.63) is 36.8 Å². The maximum Gasteiger partial charge on any atom is 0.229 e. The third-order valence-corrected chi connectivity index (χ3v) is 7.59. The number of aromatic nitrogens is 5. The first-order chi connectivity index (χ1) is 17.1. The Kier molecular flexibility index (Phi) is 4.47. The smallest absolute Gasteiger partial charge is 0.229 e. The summed E-state index contributed by atoms with van der Waals surface area (Å²) in [5.74, 6) is 2.03. The van der Waals surface area contributed by atoms with Crippen LogP contribution in [0.25, 0.3) is 27.8 Å². The molecule has 1 unspecified atom stereocenters. The van der Waals surface area contributed by atoms with Crippen molar-refractivity contribution in [2.45, 2.75) is 19.3 Å². The summed E-state index contributed by atoms with van der Waals surface area (Å²) in [6, 6.07) is 5.95. The molecule has 35 heavy (non-hydrogen) atoms. The van der Waals surface area contributed by atoms with E-state index in [2.05, 4.69) is 31.6 Å². The van der Waals surface area contributed by atoms with Gasteiger partial charge in [0.2, 0.25) is 5.91 Å². The van der Waals surface area contributed by atoms with Crippen LogP contribution in [0.1, 0.15) is 19.3 Å². The highest BCUT2D eigenvalue weighted by atomic mass is 16.5. The minimum absolute atomic E-state index is 0.0697. The second kappa shape index (κ2) is 7.61. The molecule has 2 N–H and O–H groups in total. The number of hydrogen-bond acceptors (Lipinski definition) is 8. The number of anilines is 3. The number of fused-ring (bicyclic) bond motifs is 2. The molecular weight excluding hydrogens is 444 g/mol. The van der Waals surface area contributed by atoms with Crippen molar-refractivity contribution in [2.24, 2.45) is 11.3 Å². The zero-order chi connectivity index (χ0) is 23.6. The van der Waals surface area contributed by atoms with Gasteiger partial charge in [0, 0.05) is 54.8 Å². The third-order valence-electron chi connectivity index (χ3n) is 7.59. The molecular formula is C25H26N8O2. The number of amides is 1. The van der Waals surface area contributed by atoms with Crippen LogP contribution in [0, 0.1) is 11.3 Å². The van der Waals surface area contributed by atoms with Crippen molar-refractivity contribution in [3.8, 4) is 11.4 Å². The molecule has 0 radical (unpaired) electrons. The van der Waals surface area contributed by atoms with Gasteiger partial charge in [0.05, 0.1) is 25.1 Å². The summed E-state index contributed by atoms with van der Waals surface area (Å²) in [4.78, 5) is 28.8. The molecule has 7 rings (SSSR count). The van der Waals surface area contributed by atoms with Crippen LogP contribution < -0.4 is 15.5 Å². The molecule has 10 heteroatoms. The monoisotopic (exact) mass is 470 g/mol. The lowest BCUT2D eigenvalue weighted by molar-refractivity contribution is -0.117. The minimum Gasteiger partial charge on any atom is -0.378 e. The molecule has 3 fully saturated rings. The molecule has 3 aliphatic rings. The second-order valence-electron chi connectivity index (χ2n) is 9.72. The van der Waals surface area contributed by atoms with E-state index < -0.39 is 0 Å². The van der Waals surface area contributed by atoms with Gasteiger partial charge in [-0.15, -0.1) is 5.10 Å². The molecule has 2 aliphatic carbocycles. The number of carbonyl (C=O) groups is 1. The summed E-state index contributed by atoms with van der Waals surface area (Å²) >= 11 is 0. The van der Waals surface area contributed by atoms with E-state index in [1.807, 2.05) is 29.9 Å². The van der Waals surface area contributed by atoms with Crippen molar-refractivity contribution >= 4 is 39.6 Å². The number of nitrogens with one attached hydrogen (secondary N) is 2. The maximum atomic E-state index is 12.7. The van der Waals surface area contributed by atoms with Gasteiger partial charge >= 0.3 is 0 Å². The van der Waals surface area contributed by atoms with Crippen LogP contribution in [0.15, 0.2) is 36.8 Å². The van der Waals surface area contributed by atoms with Gasteiger partial charge in [-0.2, -0.15) is 0 Å². The lowest BCUT2D eigenvalue weighted by atomic mass is 10.1. The number of pyridine rings is 3. The van der Waals surface area contributed by atoms with Gasteiger partial charge < -0.3 is 20.3 Å². The first kappa shape index (κ1) is 20.6. The second-order valence-corrected chi connectivity index (χ2v) is 9.72. The number of morpholine rings is 1. The lowest BCUT2D eigenvalue weighted by Gasteiger charge is -2.28. The highest BCUT2D eigenvalue weighted by Crippen LogP contribution is 2.70. The Morgan fingerprint density at radius 1 is 1.14 bits per heavy atom. The molecule has 1 atom stereocenters. The molecule has 1 spiro atoms. The van der Waals surface area contributed by atoms with Gasteiger partial charge in [0.1, 0.15) is 11.6 Å². The van der Waals surface area contributed by atoms with Gasteiger partial charge in [-0.1, -0.05) is 0 Å². The van der Waals surface area contributed by atoms with E-state index in [0.717, 1.165) is 60.4 Å². The van der Waals surface area contributed by atoms with Gasteiger partial charge in [-0.3, -0.25) is 4.79 Å². The predicted octanol–water partition coefficient (Wildman–Crippen LogP) is 2.96. The van der Waals surface area contributed by atoms with E-state index in [-0.39, 0.29) is 11.8 Å². The molecule has 0 bridgehead atoms. The molecule has 0 aromatic carbocycles. The summed E-state index contributed by atoms with van der Waals surface area (Å²) in [7, 11) is 1.83. The zero-order valence-electron chi connectivity index (χ0n) is 19.5. The van der Waals surface area contributed by atoms with Crippen LogP contribution in [0.2, 0.25) is 0 Å². The number of nitrogens with zero attached hydrogens (tertiary/aromatic N) is 6. The molecule has 2 saturated carbocycles. The largest absolute Gasteiger partial charge is 0.378 e. The highest BCUT2D eigenvalue weighted by Gasteiger charge is 2.65. The van der Waals surface area contributed by atoms with Crippen molar-refractivity contribution < 1.29 is 9.53 Å². The quantitative estimate of drug-likeness (QED) is 0.458. The number of hydrogen-bond donors (Lipinski definition) is 2. The summed E-state index contributed by atoms with van der Waals surface area (Å²) < 4.78 is 7.28. The van der Waals surface area contributed by atoms with Crippen molar-refractivity contribution in [2.75, 3.05) is 48.9 Å². The molecule has 1 aliphatic heterocycles. The predicted molar refractivity (Wildman–Crippen MR) is 133 cm³/mol. The fraction of sp³-hybridized carbons (Fsp3) is 0.400. The molecule has 5 heterocycles. The van der Waals surface area contributed by atoms with Gasteiger partial charge in [-0.05, 0) is 42.9 Å². The Morgan fingerprint density at radius 3 is 2.77 bits per heavy atom. The molecule has 4 aromatic heterocycles. The standard InChI is InChI=1S/C25H26N8O2/c1-26-22-17-12-27-20(29-24(34)19-11-25(19)4-5-25)10-16(17)18(13-28-22)23-30-21-3-2-15(14-33(21)31-23)32-6-8-35-9-7-32/h2-3,10,12-14,19H,4-9,11H2,1H3,(H,26,28)(H,27,29,34). The Labute approximate surface area is 201 Å². The SMILES string of the molecule is CNc1ncc(-c2nc3ccc(N4CCOCC4)cn3n2)c2cc(NC(=O)C3CC34CC4)ncc12. The average molecular weight is 471 g/mol. The van der Waals surface area contributed by atoms with Crippen molar-refractivity contribution in [1.29, 1.82) is 0 Å². The molecule has 1 amide bonds. The fourth-order valence-corrected chi connectivity index (χ4v) is 5.22. The van der Waals surface area contributed by atoms with Crippen molar-refractivity contribution in [3.63, 3.8) is 0 Å². The topological polar surface area (TPSA) is 110 Å². The number of ether oxygens (including phenoxy) is 1. The summed E-state index contributed by atoms with van der Waals surface area (Å²) in [5.41, 5.74) is 2.94. The Hall–Kier alpha value is -3.79. The summed E-state index contributed by atoms with van der Waals surface area (Å²) in [5, 5.41) is 12.7. The lowest BCUT2D eigenvalue weighted by Crippen LogP contribution is -2.36.